The van der Waals surface area contributed by atoms with Crippen LogP contribution in [0.5, 0.6) is 0 Å². The van der Waals surface area contributed by atoms with E-state index in [0.717, 1.165) is 0 Å². The summed E-state index contributed by atoms with van der Waals surface area (Å²) in [4.78, 5) is 0. The lowest BCUT2D eigenvalue weighted by Crippen LogP contribution is -2.42. The molecule has 0 aliphatic carbocycles. The van der Waals surface area contributed by atoms with Crippen LogP contribution in [0.1, 0.15) is 19.8 Å². The maximum atomic E-state index is 12.2. The van der Waals surface area contributed by atoms with E-state index in [1.54, 1.807) is 0 Å². The molecule has 16 heteroatoms. The van der Waals surface area contributed by atoms with E-state index in [1.165, 1.54) is 6.92 Å². The Hall–Kier alpha value is -0.610. The Kier molecular flexibility index (Phi) is 6.30. The van der Waals surface area contributed by atoms with Crippen LogP contribution in [0.25, 0.3) is 0 Å². The Morgan fingerprint density at radius 2 is 1.36 bits per heavy atom. The number of unbranched alkanes of at least 4 members (excludes halogenated alkanes) is 1. The Morgan fingerprint density at radius 1 is 0.909 bits per heavy atom. The average molecular weight is 400 g/mol. The van der Waals surface area contributed by atoms with Crippen molar-refractivity contribution in [2.24, 2.45) is 3.77 Å². The first-order valence-electron chi connectivity index (χ1n) is 5.14. The first-order chi connectivity index (χ1) is 9.47. The minimum Gasteiger partial charge on any atom is -0.232 e. The highest BCUT2D eigenvalue weighted by atomic mass is 32.3. The summed E-state index contributed by atoms with van der Waals surface area (Å²) in [6.07, 6.45) is -0.261. The van der Waals surface area contributed by atoms with Crippen LogP contribution >= 0.6 is 0 Å². The van der Waals surface area contributed by atoms with E-state index in [2.05, 4.69) is 0 Å². The highest BCUT2D eigenvalue weighted by Gasteiger charge is 2.50. The zero-order valence-electron chi connectivity index (χ0n) is 10.6. The van der Waals surface area contributed by atoms with Gasteiger partial charge < -0.3 is 0 Å². The van der Waals surface area contributed by atoms with E-state index < -0.39 is 46.7 Å². The van der Waals surface area contributed by atoms with Crippen molar-refractivity contribution in [3.05, 3.63) is 0 Å². The number of nitrogens with zero attached hydrogens (tertiary/aromatic N) is 1. The molecule has 1 unspecified atom stereocenters. The standard InChI is InChI=1S/C6H10F6N2O5S3/c1-2-3-4-20(15,13-21(16,17)5(7,8)9)14-22(18,19)6(10,11)12/h2-4H2,1H3,(H,13,14,15). The molecule has 0 bridgehead atoms. The van der Waals surface area contributed by atoms with E-state index in [9.17, 15) is 47.4 Å². The van der Waals surface area contributed by atoms with Gasteiger partial charge in [0.1, 0.15) is 9.92 Å². The predicted molar refractivity (Wildman–Crippen MR) is 63.4 cm³/mol. The maximum absolute atomic E-state index is 12.2. The largest absolute Gasteiger partial charge is 0.519 e. The molecular formula is C6H10F6N2O5S3. The normalized spacial score (nSPS) is 17.0. The van der Waals surface area contributed by atoms with Crippen LogP contribution in [0.4, 0.5) is 26.3 Å². The molecule has 22 heavy (non-hydrogen) atoms. The van der Waals surface area contributed by atoms with Crippen molar-refractivity contribution < 1.29 is 47.4 Å². The minimum atomic E-state index is -6.45. The fourth-order valence-corrected chi connectivity index (χ4v) is 5.92. The van der Waals surface area contributed by atoms with Gasteiger partial charge >= 0.3 is 31.1 Å². The summed E-state index contributed by atoms with van der Waals surface area (Å²) in [5, 5.41) is 0. The fourth-order valence-electron chi connectivity index (χ4n) is 0.854. The molecule has 1 N–H and O–H groups in total. The molecule has 0 amide bonds. The average Bonchev–Trinajstić information content (AvgIpc) is 2.21. The topological polar surface area (TPSA) is 110 Å². The molecule has 0 aliphatic heterocycles. The molecule has 0 aromatic rings. The molecule has 0 heterocycles. The monoisotopic (exact) mass is 400 g/mol. The number of sulfonamides is 2. The van der Waals surface area contributed by atoms with E-state index in [0.29, 0.717) is 4.13 Å². The second kappa shape index (κ2) is 6.48. The van der Waals surface area contributed by atoms with Crippen molar-refractivity contribution >= 4 is 30.0 Å². The van der Waals surface area contributed by atoms with Crippen LogP contribution in [0, 0.1) is 0 Å². The van der Waals surface area contributed by atoms with Crippen molar-refractivity contribution in [2.45, 2.75) is 30.8 Å². The molecule has 7 nitrogen and oxygen atoms in total. The van der Waals surface area contributed by atoms with Crippen LogP contribution < -0.4 is 4.13 Å². The lowest BCUT2D eigenvalue weighted by atomic mass is 10.4. The van der Waals surface area contributed by atoms with Gasteiger partial charge in [0.05, 0.1) is 0 Å². The maximum Gasteiger partial charge on any atom is 0.519 e. The van der Waals surface area contributed by atoms with Crippen molar-refractivity contribution in [1.29, 1.82) is 0 Å². The van der Waals surface area contributed by atoms with E-state index in [1.807, 2.05) is 3.77 Å². The van der Waals surface area contributed by atoms with Gasteiger partial charge in [-0.1, -0.05) is 17.1 Å². The van der Waals surface area contributed by atoms with Crippen LogP contribution in [0.3, 0.4) is 0 Å². The van der Waals surface area contributed by atoms with Crippen molar-refractivity contribution in [2.75, 3.05) is 5.75 Å². The third-order valence-corrected chi connectivity index (χ3v) is 7.53. The SMILES string of the molecule is CCCCS(=O)(=NS(=O)(=O)C(F)(F)F)NS(=O)(=O)C(F)(F)F. The summed E-state index contributed by atoms with van der Waals surface area (Å²) >= 11 is 0. The zero-order valence-corrected chi connectivity index (χ0v) is 13.1. The lowest BCUT2D eigenvalue weighted by molar-refractivity contribution is -0.0442. The third kappa shape index (κ3) is 5.54. The summed E-state index contributed by atoms with van der Waals surface area (Å²) in [5.74, 6) is -1.14. The number of rotatable bonds is 6. The number of hydrogen-bond acceptors (Lipinski definition) is 5. The molecule has 0 aromatic heterocycles. The van der Waals surface area contributed by atoms with Gasteiger partial charge in [-0.25, -0.2) is 12.6 Å². The Labute approximate surface area is 122 Å². The number of halogens is 6. The molecule has 134 valence electrons. The first kappa shape index (κ1) is 21.4. The molecular weight excluding hydrogens is 390 g/mol. The molecule has 0 radical (unpaired) electrons. The summed E-state index contributed by atoms with van der Waals surface area (Å²) in [7, 11) is -17.9. The Balaban J connectivity index is 6.10. The number of alkyl halides is 6. The quantitative estimate of drug-likeness (QED) is 0.679. The van der Waals surface area contributed by atoms with Crippen LogP contribution in [0.2, 0.25) is 0 Å². The molecule has 0 aliphatic rings. The molecule has 1 atom stereocenters. The van der Waals surface area contributed by atoms with E-state index in [4.69, 9.17) is 0 Å². The molecule has 0 spiro atoms. The Morgan fingerprint density at radius 3 is 1.68 bits per heavy atom. The molecule has 0 saturated carbocycles. The van der Waals surface area contributed by atoms with Crippen LogP contribution in [-0.4, -0.2) is 37.8 Å². The smallest absolute Gasteiger partial charge is 0.232 e. The van der Waals surface area contributed by atoms with Gasteiger partial charge in [0.15, 0.2) is 0 Å². The molecule has 0 saturated heterocycles. The van der Waals surface area contributed by atoms with Gasteiger partial charge in [0.25, 0.3) is 0 Å². The fraction of sp³-hybridized carbons (Fsp3) is 1.00. The van der Waals surface area contributed by atoms with Gasteiger partial charge in [-0.05, 0) is 6.42 Å². The van der Waals surface area contributed by atoms with Gasteiger partial charge in [0, 0.05) is 5.75 Å². The van der Waals surface area contributed by atoms with Gasteiger partial charge in [0.2, 0.25) is 0 Å². The predicted octanol–water partition coefficient (Wildman–Crippen LogP) is 1.46. The summed E-state index contributed by atoms with van der Waals surface area (Å²) < 4.78 is 130. The van der Waals surface area contributed by atoms with E-state index >= 15 is 0 Å². The van der Waals surface area contributed by atoms with Crippen LogP contribution in [-0.2, 0) is 30.0 Å². The summed E-state index contributed by atoms with van der Waals surface area (Å²) in [6.45, 7) is 1.39. The molecule has 0 rings (SSSR count). The second-order valence-corrected chi connectivity index (χ2v) is 9.56. The second-order valence-electron chi connectivity index (χ2n) is 3.73. The zero-order chi connectivity index (χ0) is 18.0. The molecule has 0 aromatic carbocycles. The Bertz CT molecular complexity index is 713. The summed E-state index contributed by atoms with van der Waals surface area (Å²) in [5.41, 5.74) is -12.0. The summed E-state index contributed by atoms with van der Waals surface area (Å²) in [6, 6.07) is 0. The number of hydrogen-bond donors (Lipinski definition) is 1. The van der Waals surface area contributed by atoms with E-state index in [-0.39, 0.29) is 12.8 Å². The molecule has 0 fully saturated rings. The first-order valence-corrected chi connectivity index (χ1v) is 9.75. The minimum absolute atomic E-state index is 0.0757. The lowest BCUT2D eigenvalue weighted by Gasteiger charge is -2.14. The highest BCUT2D eigenvalue weighted by Crippen LogP contribution is 2.27. The third-order valence-electron chi connectivity index (χ3n) is 1.83. The van der Waals surface area contributed by atoms with Gasteiger partial charge in [-0.15, -0.1) is 4.13 Å². The van der Waals surface area contributed by atoms with Crippen molar-refractivity contribution in [3.63, 3.8) is 0 Å². The number of nitrogens with one attached hydrogen (secondary N) is 1. The van der Waals surface area contributed by atoms with Crippen LogP contribution in [0.15, 0.2) is 3.77 Å². The van der Waals surface area contributed by atoms with Crippen molar-refractivity contribution in [1.82, 2.24) is 4.13 Å². The van der Waals surface area contributed by atoms with Gasteiger partial charge in [-0.3, -0.25) is 0 Å². The van der Waals surface area contributed by atoms with Gasteiger partial charge in [-0.2, -0.15) is 34.8 Å². The van der Waals surface area contributed by atoms with Crippen molar-refractivity contribution in [3.8, 4) is 0 Å². The highest BCUT2D eigenvalue weighted by molar-refractivity contribution is 8.10.